The average molecular weight is 360 g/mol. The van der Waals surface area contributed by atoms with Crippen molar-refractivity contribution in [3.8, 4) is 0 Å². The van der Waals surface area contributed by atoms with Gasteiger partial charge in [0.1, 0.15) is 6.04 Å². The number of amides is 1. The zero-order valence-electron chi connectivity index (χ0n) is 12.7. The first-order valence-corrected chi connectivity index (χ1v) is 7.20. The van der Waals surface area contributed by atoms with Crippen LogP contribution >= 0.6 is 11.6 Å². The number of nitrogens with one attached hydrogen (secondary N) is 1. The summed E-state index contributed by atoms with van der Waals surface area (Å²) in [5.74, 6) is 0.157. The van der Waals surface area contributed by atoms with Crippen molar-refractivity contribution in [2.24, 2.45) is 0 Å². The Labute approximate surface area is 140 Å². The predicted octanol–water partition coefficient (Wildman–Crippen LogP) is 3.94. The molecule has 24 heavy (non-hydrogen) atoms. The molecule has 1 amide bonds. The summed E-state index contributed by atoms with van der Waals surface area (Å²) >= 11 is 5.54. The minimum absolute atomic E-state index is 0.197. The van der Waals surface area contributed by atoms with Crippen LogP contribution in [0.25, 0.3) is 6.08 Å². The lowest BCUT2D eigenvalue weighted by Gasteiger charge is -2.09. The number of halogens is 4. The van der Waals surface area contributed by atoms with E-state index in [2.05, 4.69) is 15.5 Å². The molecule has 0 aliphatic heterocycles. The van der Waals surface area contributed by atoms with Gasteiger partial charge >= 0.3 is 6.18 Å². The van der Waals surface area contributed by atoms with Gasteiger partial charge in [0.25, 0.3) is 0 Å². The van der Waals surface area contributed by atoms with Gasteiger partial charge in [0, 0.05) is 6.08 Å². The number of nitrogens with zero attached hydrogens (tertiary/aromatic N) is 2. The summed E-state index contributed by atoms with van der Waals surface area (Å²) in [5.41, 5.74) is -0.760. The van der Waals surface area contributed by atoms with E-state index in [9.17, 15) is 18.0 Å². The molecule has 0 spiro atoms. The largest absolute Gasteiger partial charge is 0.417 e. The third-order valence-corrected chi connectivity index (χ3v) is 3.33. The molecule has 0 radical (unpaired) electrons. The predicted molar refractivity (Wildman–Crippen MR) is 81.1 cm³/mol. The van der Waals surface area contributed by atoms with Gasteiger partial charge in [0.2, 0.25) is 11.8 Å². The van der Waals surface area contributed by atoms with E-state index in [-0.39, 0.29) is 11.5 Å². The third kappa shape index (κ3) is 4.58. The molecular formula is C15H13ClF3N3O2. The van der Waals surface area contributed by atoms with Crippen LogP contribution in [0.4, 0.5) is 13.2 Å². The Kier molecular flexibility index (Phi) is 5.28. The maximum absolute atomic E-state index is 12.8. The number of rotatable bonds is 4. The molecule has 0 bridgehead atoms. The minimum Gasteiger partial charge on any atom is -0.341 e. The van der Waals surface area contributed by atoms with Gasteiger partial charge in [-0.25, -0.2) is 0 Å². The van der Waals surface area contributed by atoms with Gasteiger partial charge in [-0.1, -0.05) is 22.8 Å². The van der Waals surface area contributed by atoms with Crippen LogP contribution in [0, 0.1) is 6.92 Å². The number of alkyl halides is 3. The van der Waals surface area contributed by atoms with Crippen LogP contribution in [0.5, 0.6) is 0 Å². The Morgan fingerprint density at radius 3 is 2.71 bits per heavy atom. The highest BCUT2D eigenvalue weighted by Gasteiger charge is 2.33. The number of carbonyl (C=O) groups excluding carboxylic acids is 1. The highest BCUT2D eigenvalue weighted by atomic mass is 35.5. The Morgan fingerprint density at radius 1 is 1.42 bits per heavy atom. The molecule has 0 fully saturated rings. The van der Waals surface area contributed by atoms with Crippen LogP contribution in [0.3, 0.4) is 0 Å². The maximum Gasteiger partial charge on any atom is 0.417 e. The molecule has 1 aromatic heterocycles. The highest BCUT2D eigenvalue weighted by molar-refractivity contribution is 6.31. The van der Waals surface area contributed by atoms with Crippen LogP contribution in [-0.4, -0.2) is 16.0 Å². The molecule has 1 unspecified atom stereocenters. The zero-order valence-corrected chi connectivity index (χ0v) is 13.4. The molecular weight excluding hydrogens is 347 g/mol. The second-order valence-corrected chi connectivity index (χ2v) is 5.39. The van der Waals surface area contributed by atoms with Crippen molar-refractivity contribution >= 4 is 23.6 Å². The Bertz CT molecular complexity index is 772. The van der Waals surface area contributed by atoms with Crippen molar-refractivity contribution < 1.29 is 22.5 Å². The van der Waals surface area contributed by atoms with Gasteiger partial charge in [-0.3, -0.25) is 4.79 Å². The van der Waals surface area contributed by atoms with E-state index in [1.165, 1.54) is 12.1 Å². The summed E-state index contributed by atoms with van der Waals surface area (Å²) in [5, 5.41) is 5.77. The highest BCUT2D eigenvalue weighted by Crippen LogP contribution is 2.35. The van der Waals surface area contributed by atoms with E-state index in [0.717, 1.165) is 18.2 Å². The Morgan fingerprint density at radius 2 is 2.12 bits per heavy atom. The fourth-order valence-corrected chi connectivity index (χ4v) is 2.07. The molecule has 9 heteroatoms. The monoisotopic (exact) mass is 359 g/mol. The molecule has 0 saturated carbocycles. The molecule has 2 rings (SSSR count). The van der Waals surface area contributed by atoms with Gasteiger partial charge in [0.15, 0.2) is 5.82 Å². The first-order chi connectivity index (χ1) is 11.2. The summed E-state index contributed by atoms with van der Waals surface area (Å²) in [7, 11) is 0. The molecule has 1 atom stereocenters. The van der Waals surface area contributed by atoms with Gasteiger partial charge in [0.05, 0.1) is 10.6 Å². The first kappa shape index (κ1) is 18.0. The van der Waals surface area contributed by atoms with Crippen molar-refractivity contribution in [2.75, 3.05) is 0 Å². The summed E-state index contributed by atoms with van der Waals surface area (Å²) in [6, 6.07) is 2.86. The summed E-state index contributed by atoms with van der Waals surface area (Å²) < 4.78 is 43.3. The summed E-state index contributed by atoms with van der Waals surface area (Å²) in [4.78, 5) is 15.8. The van der Waals surface area contributed by atoms with Crippen molar-refractivity contribution in [1.29, 1.82) is 0 Å². The number of aryl methyl sites for hydroxylation is 1. The number of carbonyl (C=O) groups is 1. The fraction of sp³-hybridized carbons (Fsp3) is 0.267. The van der Waals surface area contributed by atoms with Gasteiger partial charge < -0.3 is 9.84 Å². The molecule has 1 heterocycles. The van der Waals surface area contributed by atoms with Crippen LogP contribution in [0.2, 0.25) is 5.02 Å². The standard InChI is InChI=1S/C15H13ClF3N3O2/c1-8(14-21-9(2)22-24-14)20-13(23)6-4-10-3-5-12(16)11(7-10)15(17,18)19/h3-8H,1-2H3,(H,20,23). The SMILES string of the molecule is Cc1noc(C(C)NC(=O)C=Cc2ccc(Cl)c(C(F)(F)F)c2)n1. The number of aromatic nitrogens is 2. The van der Waals surface area contributed by atoms with E-state index in [0.29, 0.717) is 5.82 Å². The fourth-order valence-electron chi connectivity index (χ4n) is 1.85. The van der Waals surface area contributed by atoms with Crippen LogP contribution in [0.1, 0.15) is 35.8 Å². The van der Waals surface area contributed by atoms with E-state index in [1.807, 2.05) is 0 Å². The summed E-state index contributed by atoms with van der Waals surface area (Å²) in [6.45, 7) is 3.28. The normalized spacial score (nSPS) is 13.2. The quantitative estimate of drug-likeness (QED) is 0.839. The second kappa shape index (κ2) is 7.04. The maximum atomic E-state index is 12.8. The first-order valence-electron chi connectivity index (χ1n) is 6.82. The van der Waals surface area contributed by atoms with Gasteiger partial charge in [-0.05, 0) is 37.6 Å². The Balaban J connectivity index is 2.06. The van der Waals surface area contributed by atoms with Crippen LogP contribution < -0.4 is 5.32 Å². The lowest BCUT2D eigenvalue weighted by molar-refractivity contribution is -0.137. The lowest BCUT2D eigenvalue weighted by Crippen LogP contribution is -2.24. The minimum atomic E-state index is -4.56. The van der Waals surface area contributed by atoms with E-state index >= 15 is 0 Å². The zero-order chi connectivity index (χ0) is 17.9. The molecule has 5 nitrogen and oxygen atoms in total. The molecule has 1 N–H and O–H groups in total. The van der Waals surface area contributed by atoms with E-state index in [4.69, 9.17) is 16.1 Å². The van der Waals surface area contributed by atoms with Gasteiger partial charge in [-0.2, -0.15) is 18.2 Å². The van der Waals surface area contributed by atoms with Crippen molar-refractivity contribution in [2.45, 2.75) is 26.1 Å². The van der Waals surface area contributed by atoms with E-state index in [1.54, 1.807) is 13.8 Å². The molecule has 0 aliphatic rings. The average Bonchev–Trinajstić information content (AvgIpc) is 2.92. The number of hydrogen-bond acceptors (Lipinski definition) is 4. The lowest BCUT2D eigenvalue weighted by atomic mass is 10.1. The smallest absolute Gasteiger partial charge is 0.341 e. The molecule has 0 aliphatic carbocycles. The number of hydrogen-bond donors (Lipinski definition) is 1. The molecule has 128 valence electrons. The Hall–Kier alpha value is -2.35. The van der Waals surface area contributed by atoms with Gasteiger partial charge in [-0.15, -0.1) is 0 Å². The molecule has 0 saturated heterocycles. The number of benzene rings is 1. The summed E-state index contributed by atoms with van der Waals surface area (Å²) in [6.07, 6.45) is -2.19. The van der Waals surface area contributed by atoms with Crippen molar-refractivity contribution in [3.63, 3.8) is 0 Å². The molecule has 1 aromatic carbocycles. The van der Waals surface area contributed by atoms with Crippen LogP contribution in [-0.2, 0) is 11.0 Å². The van der Waals surface area contributed by atoms with Crippen molar-refractivity contribution in [3.05, 3.63) is 52.1 Å². The third-order valence-electron chi connectivity index (χ3n) is 3.00. The van der Waals surface area contributed by atoms with E-state index < -0.39 is 28.7 Å². The van der Waals surface area contributed by atoms with Crippen molar-refractivity contribution in [1.82, 2.24) is 15.5 Å². The van der Waals surface area contributed by atoms with Crippen LogP contribution in [0.15, 0.2) is 28.8 Å². The molecule has 2 aromatic rings. The second-order valence-electron chi connectivity index (χ2n) is 4.98. The topological polar surface area (TPSA) is 68.0 Å².